The fraction of sp³-hybridized carbons (Fsp3) is 0.409. The lowest BCUT2D eigenvalue weighted by molar-refractivity contribution is -0.128. The zero-order chi connectivity index (χ0) is 20.2. The van der Waals surface area contributed by atoms with E-state index in [4.69, 9.17) is 0 Å². The van der Waals surface area contributed by atoms with Crippen molar-refractivity contribution in [2.24, 2.45) is 0 Å². The topological polar surface area (TPSA) is 66.5 Å². The van der Waals surface area contributed by atoms with Crippen molar-refractivity contribution in [3.8, 4) is 0 Å². The summed E-state index contributed by atoms with van der Waals surface area (Å²) >= 11 is 0. The van der Waals surface area contributed by atoms with Gasteiger partial charge in [0.05, 0.1) is 11.2 Å². The van der Waals surface area contributed by atoms with Crippen LogP contribution in [0, 0.1) is 6.92 Å². The van der Waals surface area contributed by atoms with Crippen molar-refractivity contribution in [3.63, 3.8) is 0 Å². The van der Waals surface area contributed by atoms with Crippen molar-refractivity contribution >= 4 is 15.9 Å². The summed E-state index contributed by atoms with van der Waals surface area (Å²) in [6.45, 7) is 4.88. The summed E-state index contributed by atoms with van der Waals surface area (Å²) in [7, 11) is -3.24. The maximum Gasteiger partial charge on any atom is 0.231 e. The van der Waals surface area contributed by atoms with E-state index in [1.807, 2.05) is 55.5 Å². The second-order valence-electron chi connectivity index (χ2n) is 7.42. The number of piperidine rings is 1. The van der Waals surface area contributed by atoms with Gasteiger partial charge in [0.25, 0.3) is 0 Å². The summed E-state index contributed by atoms with van der Waals surface area (Å²) in [5.74, 6) is 0.0546. The molecular weight excluding hydrogens is 372 g/mol. The average Bonchev–Trinajstić information content (AvgIpc) is 2.72. The van der Waals surface area contributed by atoms with Crippen LogP contribution in [0.1, 0.15) is 36.5 Å². The molecule has 0 radical (unpaired) electrons. The van der Waals surface area contributed by atoms with Crippen LogP contribution in [0.15, 0.2) is 54.6 Å². The molecule has 3 rings (SSSR count). The second kappa shape index (κ2) is 8.45. The summed E-state index contributed by atoms with van der Waals surface area (Å²) in [5, 5.41) is 3.10. The molecule has 1 amide bonds. The molecule has 0 spiro atoms. The summed E-state index contributed by atoms with van der Waals surface area (Å²) in [6, 6.07) is 17.8. The van der Waals surface area contributed by atoms with Crippen molar-refractivity contribution in [1.82, 2.24) is 9.62 Å². The van der Waals surface area contributed by atoms with Crippen molar-refractivity contribution in [3.05, 3.63) is 71.3 Å². The van der Waals surface area contributed by atoms with Crippen LogP contribution in [0.2, 0.25) is 0 Å². The molecule has 0 unspecified atom stereocenters. The number of nitrogens with one attached hydrogen (secondary N) is 1. The maximum absolute atomic E-state index is 13.3. The Bertz CT molecular complexity index is 918. The number of carbonyl (C=O) groups is 1. The predicted octanol–water partition coefficient (Wildman–Crippen LogP) is 2.99. The molecule has 1 saturated heterocycles. The maximum atomic E-state index is 13.3. The average molecular weight is 401 g/mol. The number of amides is 1. The first-order valence-electron chi connectivity index (χ1n) is 9.74. The third-order valence-corrected chi connectivity index (χ3v) is 7.51. The van der Waals surface area contributed by atoms with E-state index in [1.165, 1.54) is 4.31 Å². The highest BCUT2D eigenvalue weighted by atomic mass is 32.2. The zero-order valence-electron chi connectivity index (χ0n) is 16.5. The highest BCUT2D eigenvalue weighted by molar-refractivity contribution is 7.89. The molecule has 1 aliphatic rings. The van der Waals surface area contributed by atoms with E-state index in [0.717, 1.165) is 16.7 Å². The zero-order valence-corrected chi connectivity index (χ0v) is 17.3. The fourth-order valence-electron chi connectivity index (χ4n) is 3.91. The number of hydrogen-bond donors (Lipinski definition) is 1. The number of hydrogen-bond acceptors (Lipinski definition) is 3. The Kier molecular flexibility index (Phi) is 6.20. The minimum atomic E-state index is -3.24. The molecule has 1 fully saturated rings. The molecule has 0 aromatic heterocycles. The highest BCUT2D eigenvalue weighted by Crippen LogP contribution is 2.36. The standard InChI is InChI=1S/C22H28N2O3S/c1-3-28(26,27)24-14-12-22(13-15-24,20-10-5-4-6-11-20)21(25)23-17-19-9-7-8-18(2)16-19/h4-11,16H,3,12-15,17H2,1-2H3,(H,23,25). The van der Waals surface area contributed by atoms with Gasteiger partial charge in [-0.15, -0.1) is 0 Å². The Labute approximate surface area is 167 Å². The van der Waals surface area contributed by atoms with E-state index in [0.29, 0.717) is 32.5 Å². The number of nitrogens with zero attached hydrogens (tertiary/aromatic N) is 1. The van der Waals surface area contributed by atoms with Crippen LogP contribution in [-0.2, 0) is 26.8 Å². The lowest BCUT2D eigenvalue weighted by Gasteiger charge is -2.40. The molecule has 5 nitrogen and oxygen atoms in total. The lowest BCUT2D eigenvalue weighted by Crippen LogP contribution is -2.52. The van der Waals surface area contributed by atoms with Gasteiger partial charge in [-0.3, -0.25) is 4.79 Å². The van der Waals surface area contributed by atoms with Gasteiger partial charge in [0.15, 0.2) is 0 Å². The molecule has 1 aliphatic heterocycles. The second-order valence-corrected chi connectivity index (χ2v) is 9.68. The summed E-state index contributed by atoms with van der Waals surface area (Å²) in [4.78, 5) is 13.3. The van der Waals surface area contributed by atoms with Gasteiger partial charge in [-0.2, -0.15) is 0 Å². The fourth-order valence-corrected chi connectivity index (χ4v) is 5.01. The quantitative estimate of drug-likeness (QED) is 0.811. The number of carbonyl (C=O) groups excluding carboxylic acids is 1. The van der Waals surface area contributed by atoms with Crippen molar-refractivity contribution in [2.45, 2.75) is 38.6 Å². The Hall–Kier alpha value is -2.18. The van der Waals surface area contributed by atoms with Gasteiger partial charge in [0, 0.05) is 19.6 Å². The molecule has 0 atom stereocenters. The van der Waals surface area contributed by atoms with Crippen molar-refractivity contribution < 1.29 is 13.2 Å². The summed E-state index contributed by atoms with van der Waals surface area (Å²) in [5.41, 5.74) is 2.46. The van der Waals surface area contributed by atoms with Gasteiger partial charge >= 0.3 is 0 Å². The molecular formula is C22H28N2O3S. The minimum absolute atomic E-state index is 0.0336. The Balaban J connectivity index is 1.81. The molecule has 28 heavy (non-hydrogen) atoms. The third kappa shape index (κ3) is 4.28. The largest absolute Gasteiger partial charge is 0.351 e. The lowest BCUT2D eigenvalue weighted by atomic mass is 9.72. The molecule has 2 aromatic rings. The molecule has 150 valence electrons. The van der Waals surface area contributed by atoms with Crippen LogP contribution in [0.25, 0.3) is 0 Å². The van der Waals surface area contributed by atoms with Crippen LogP contribution in [0.3, 0.4) is 0 Å². The molecule has 6 heteroatoms. The Morgan fingerprint density at radius 2 is 1.75 bits per heavy atom. The molecule has 0 bridgehead atoms. The number of rotatable bonds is 6. The molecule has 0 saturated carbocycles. The van der Waals surface area contributed by atoms with Crippen LogP contribution in [0.4, 0.5) is 0 Å². The van der Waals surface area contributed by atoms with Gasteiger partial charge < -0.3 is 5.32 Å². The van der Waals surface area contributed by atoms with Crippen molar-refractivity contribution in [1.29, 1.82) is 0 Å². The monoisotopic (exact) mass is 400 g/mol. The van der Waals surface area contributed by atoms with E-state index < -0.39 is 15.4 Å². The van der Waals surface area contributed by atoms with E-state index in [9.17, 15) is 13.2 Å². The normalized spacial score (nSPS) is 17.2. The first-order chi connectivity index (χ1) is 13.4. The highest BCUT2D eigenvalue weighted by Gasteiger charge is 2.44. The first-order valence-corrected chi connectivity index (χ1v) is 11.4. The van der Waals surface area contributed by atoms with Gasteiger partial charge in [0.2, 0.25) is 15.9 Å². The van der Waals surface area contributed by atoms with Crippen LogP contribution < -0.4 is 5.32 Å². The number of aryl methyl sites for hydroxylation is 1. The van der Waals surface area contributed by atoms with E-state index >= 15 is 0 Å². The summed E-state index contributed by atoms with van der Waals surface area (Å²) < 4.78 is 26.0. The molecule has 2 aromatic carbocycles. The molecule has 1 N–H and O–H groups in total. The number of sulfonamides is 1. The van der Waals surface area contributed by atoms with E-state index in [2.05, 4.69) is 11.4 Å². The Morgan fingerprint density at radius 1 is 1.07 bits per heavy atom. The van der Waals surface area contributed by atoms with Crippen LogP contribution in [0.5, 0.6) is 0 Å². The number of benzene rings is 2. The van der Waals surface area contributed by atoms with E-state index in [-0.39, 0.29) is 11.7 Å². The third-order valence-electron chi connectivity index (χ3n) is 5.63. The van der Waals surface area contributed by atoms with E-state index in [1.54, 1.807) is 6.92 Å². The predicted molar refractivity (Wildman–Crippen MR) is 111 cm³/mol. The van der Waals surface area contributed by atoms with Gasteiger partial charge in [0.1, 0.15) is 0 Å². The summed E-state index contributed by atoms with van der Waals surface area (Å²) in [6.07, 6.45) is 0.964. The SMILES string of the molecule is CCS(=O)(=O)N1CCC(C(=O)NCc2cccc(C)c2)(c2ccccc2)CC1. The van der Waals surface area contributed by atoms with Gasteiger partial charge in [-0.1, -0.05) is 60.2 Å². The van der Waals surface area contributed by atoms with Gasteiger partial charge in [-0.25, -0.2) is 12.7 Å². The minimum Gasteiger partial charge on any atom is -0.351 e. The van der Waals surface area contributed by atoms with Gasteiger partial charge in [-0.05, 0) is 37.8 Å². The van der Waals surface area contributed by atoms with Crippen LogP contribution >= 0.6 is 0 Å². The van der Waals surface area contributed by atoms with Crippen molar-refractivity contribution in [2.75, 3.05) is 18.8 Å². The molecule has 0 aliphatic carbocycles. The smallest absolute Gasteiger partial charge is 0.231 e. The first kappa shape index (κ1) is 20.6. The van der Waals surface area contributed by atoms with Crippen LogP contribution in [-0.4, -0.2) is 37.5 Å². The molecule has 1 heterocycles. The Morgan fingerprint density at radius 3 is 2.36 bits per heavy atom.